The number of methoxy groups -OCH3 is 1. The number of carbonyl (C=O) groups excluding carboxylic acids is 1. The number of nitrogens with one attached hydrogen (secondary N) is 2. The minimum atomic E-state index is -0.318. The maximum Gasteiger partial charge on any atom is 0.222 e. The van der Waals surface area contributed by atoms with Crippen LogP contribution in [0.3, 0.4) is 0 Å². The minimum absolute atomic E-state index is 0.000549. The molecule has 0 aromatic heterocycles. The molecule has 0 aromatic carbocycles. The summed E-state index contributed by atoms with van der Waals surface area (Å²) in [7, 11) is 1.64. The van der Waals surface area contributed by atoms with Gasteiger partial charge in [0.15, 0.2) is 0 Å². The van der Waals surface area contributed by atoms with Gasteiger partial charge < -0.3 is 20.1 Å². The largest absolute Gasteiger partial charge is 0.377 e. The third-order valence-electron chi connectivity index (χ3n) is 2.68. The lowest BCUT2D eigenvalue weighted by molar-refractivity contribution is -0.125. The smallest absolute Gasteiger partial charge is 0.222 e. The van der Waals surface area contributed by atoms with Crippen molar-refractivity contribution in [2.45, 2.75) is 32.0 Å². The zero-order valence-corrected chi connectivity index (χ0v) is 10.3. The SMILES string of the molecule is COC(C)(C)CNC(=O)CC1CNCCO1. The highest BCUT2D eigenvalue weighted by Crippen LogP contribution is 2.06. The fraction of sp³-hybridized carbons (Fsp3) is 0.909. The van der Waals surface area contributed by atoms with E-state index in [2.05, 4.69) is 10.6 Å². The van der Waals surface area contributed by atoms with Crippen molar-refractivity contribution in [1.29, 1.82) is 0 Å². The molecule has 0 radical (unpaired) electrons. The Morgan fingerprint density at radius 1 is 1.62 bits per heavy atom. The number of carbonyl (C=O) groups is 1. The average Bonchev–Trinajstić information content (AvgIpc) is 2.28. The Kier molecular flexibility index (Phi) is 5.18. The van der Waals surface area contributed by atoms with Crippen LogP contribution in [0.4, 0.5) is 0 Å². The van der Waals surface area contributed by atoms with Gasteiger partial charge >= 0.3 is 0 Å². The molecule has 0 spiro atoms. The number of hydrogen-bond donors (Lipinski definition) is 2. The molecule has 1 amide bonds. The maximum absolute atomic E-state index is 11.6. The highest BCUT2D eigenvalue weighted by Gasteiger charge is 2.20. The van der Waals surface area contributed by atoms with Crippen LogP contribution in [0.15, 0.2) is 0 Å². The first-order chi connectivity index (χ1) is 7.53. The standard InChI is InChI=1S/C11H22N2O3/c1-11(2,15-3)8-13-10(14)6-9-7-12-4-5-16-9/h9,12H,4-8H2,1-3H3,(H,13,14). The van der Waals surface area contributed by atoms with E-state index in [1.807, 2.05) is 13.8 Å². The zero-order valence-electron chi connectivity index (χ0n) is 10.3. The van der Waals surface area contributed by atoms with Gasteiger partial charge in [0.05, 0.1) is 24.7 Å². The van der Waals surface area contributed by atoms with E-state index in [-0.39, 0.29) is 17.6 Å². The first-order valence-corrected chi connectivity index (χ1v) is 5.68. The van der Waals surface area contributed by atoms with Crippen molar-refractivity contribution >= 4 is 5.91 Å². The van der Waals surface area contributed by atoms with E-state index in [1.54, 1.807) is 7.11 Å². The molecule has 0 saturated carbocycles. The van der Waals surface area contributed by atoms with E-state index in [0.717, 1.165) is 13.1 Å². The lowest BCUT2D eigenvalue weighted by atomic mass is 10.1. The molecule has 1 aliphatic rings. The topological polar surface area (TPSA) is 59.6 Å². The number of rotatable bonds is 5. The number of hydrogen-bond acceptors (Lipinski definition) is 4. The van der Waals surface area contributed by atoms with Gasteiger partial charge in [0.2, 0.25) is 5.91 Å². The molecule has 16 heavy (non-hydrogen) atoms. The maximum atomic E-state index is 11.6. The Morgan fingerprint density at radius 3 is 2.94 bits per heavy atom. The summed E-state index contributed by atoms with van der Waals surface area (Å²) in [5, 5.41) is 6.04. The van der Waals surface area contributed by atoms with Gasteiger partial charge in [0.25, 0.3) is 0 Å². The van der Waals surface area contributed by atoms with E-state index in [4.69, 9.17) is 9.47 Å². The van der Waals surface area contributed by atoms with Crippen molar-refractivity contribution in [2.24, 2.45) is 0 Å². The second kappa shape index (κ2) is 6.18. The Morgan fingerprint density at radius 2 is 2.38 bits per heavy atom. The highest BCUT2D eigenvalue weighted by atomic mass is 16.5. The predicted molar refractivity (Wildman–Crippen MR) is 61.3 cm³/mol. The molecule has 0 aromatic rings. The zero-order chi connectivity index (χ0) is 12.0. The summed E-state index contributed by atoms with van der Waals surface area (Å²) in [6.45, 7) is 6.69. The molecule has 1 unspecified atom stereocenters. The molecule has 1 saturated heterocycles. The monoisotopic (exact) mass is 230 g/mol. The van der Waals surface area contributed by atoms with Crippen LogP contribution in [0.25, 0.3) is 0 Å². The molecular weight excluding hydrogens is 208 g/mol. The lowest BCUT2D eigenvalue weighted by Gasteiger charge is -2.25. The van der Waals surface area contributed by atoms with E-state index >= 15 is 0 Å². The molecular formula is C11H22N2O3. The van der Waals surface area contributed by atoms with Crippen LogP contribution in [0.1, 0.15) is 20.3 Å². The van der Waals surface area contributed by atoms with Crippen molar-refractivity contribution in [3.8, 4) is 0 Å². The Bertz CT molecular complexity index is 225. The molecule has 1 atom stereocenters. The Labute approximate surface area is 96.9 Å². The van der Waals surface area contributed by atoms with Crippen molar-refractivity contribution in [1.82, 2.24) is 10.6 Å². The summed E-state index contributed by atoms with van der Waals surface area (Å²) in [6.07, 6.45) is 0.409. The molecule has 1 aliphatic heterocycles. The van der Waals surface area contributed by atoms with Crippen molar-refractivity contribution < 1.29 is 14.3 Å². The van der Waals surface area contributed by atoms with Crippen molar-refractivity contribution in [3.63, 3.8) is 0 Å². The third-order valence-corrected chi connectivity index (χ3v) is 2.68. The number of ether oxygens (including phenoxy) is 2. The molecule has 94 valence electrons. The van der Waals surface area contributed by atoms with Crippen LogP contribution in [-0.4, -0.2) is 51.0 Å². The summed E-state index contributed by atoms with van der Waals surface area (Å²) in [5.41, 5.74) is -0.318. The predicted octanol–water partition coefficient (Wildman–Crippen LogP) is -0.0939. The van der Waals surface area contributed by atoms with Crippen molar-refractivity contribution in [2.75, 3.05) is 33.4 Å². The molecule has 1 heterocycles. The molecule has 2 N–H and O–H groups in total. The van der Waals surface area contributed by atoms with Crippen LogP contribution in [0.5, 0.6) is 0 Å². The molecule has 1 fully saturated rings. The summed E-state index contributed by atoms with van der Waals surface area (Å²) in [5.74, 6) is 0.0128. The third kappa shape index (κ3) is 4.92. The van der Waals surface area contributed by atoms with Crippen molar-refractivity contribution in [3.05, 3.63) is 0 Å². The van der Waals surface area contributed by atoms with E-state index in [1.165, 1.54) is 0 Å². The van der Waals surface area contributed by atoms with E-state index in [0.29, 0.717) is 19.6 Å². The fourth-order valence-electron chi connectivity index (χ4n) is 1.41. The van der Waals surface area contributed by atoms with E-state index in [9.17, 15) is 4.79 Å². The second-order valence-electron chi connectivity index (χ2n) is 4.64. The number of amides is 1. The number of morpholine rings is 1. The minimum Gasteiger partial charge on any atom is -0.377 e. The van der Waals surface area contributed by atoms with Crippen LogP contribution in [-0.2, 0) is 14.3 Å². The van der Waals surface area contributed by atoms with Crippen LogP contribution in [0.2, 0.25) is 0 Å². The van der Waals surface area contributed by atoms with Gasteiger partial charge in [-0.2, -0.15) is 0 Å². The average molecular weight is 230 g/mol. The highest BCUT2D eigenvalue weighted by molar-refractivity contribution is 5.76. The Hall–Kier alpha value is -0.650. The van der Waals surface area contributed by atoms with Gasteiger partial charge in [-0.15, -0.1) is 0 Å². The van der Waals surface area contributed by atoms with Gasteiger partial charge in [0.1, 0.15) is 0 Å². The molecule has 5 heteroatoms. The normalized spacial score (nSPS) is 21.8. The van der Waals surface area contributed by atoms with Gasteiger partial charge in [-0.3, -0.25) is 4.79 Å². The quantitative estimate of drug-likeness (QED) is 0.693. The van der Waals surface area contributed by atoms with Crippen LogP contribution < -0.4 is 10.6 Å². The van der Waals surface area contributed by atoms with Crippen LogP contribution in [0, 0.1) is 0 Å². The van der Waals surface area contributed by atoms with Gasteiger partial charge in [-0.05, 0) is 13.8 Å². The summed E-state index contributed by atoms with van der Waals surface area (Å²) < 4.78 is 10.7. The second-order valence-corrected chi connectivity index (χ2v) is 4.64. The Balaban J connectivity index is 2.19. The summed E-state index contributed by atoms with van der Waals surface area (Å²) in [6, 6.07) is 0. The first-order valence-electron chi connectivity index (χ1n) is 5.68. The molecule has 1 rings (SSSR count). The van der Waals surface area contributed by atoms with Gasteiger partial charge in [-0.1, -0.05) is 0 Å². The van der Waals surface area contributed by atoms with E-state index < -0.39 is 0 Å². The summed E-state index contributed by atoms with van der Waals surface area (Å²) >= 11 is 0. The fourth-order valence-corrected chi connectivity index (χ4v) is 1.41. The van der Waals surface area contributed by atoms with Crippen LogP contribution >= 0.6 is 0 Å². The molecule has 0 bridgehead atoms. The molecule has 5 nitrogen and oxygen atoms in total. The lowest BCUT2D eigenvalue weighted by Crippen LogP contribution is -2.44. The molecule has 0 aliphatic carbocycles. The van der Waals surface area contributed by atoms with Gasteiger partial charge in [-0.25, -0.2) is 0 Å². The first kappa shape index (κ1) is 13.4. The van der Waals surface area contributed by atoms with Gasteiger partial charge in [0, 0.05) is 26.7 Å². The summed E-state index contributed by atoms with van der Waals surface area (Å²) in [4.78, 5) is 11.6.